The number of hydrogen-bond acceptors (Lipinski definition) is 5. The van der Waals surface area contributed by atoms with E-state index in [4.69, 9.17) is 9.47 Å². The molecule has 1 unspecified atom stereocenters. The maximum Gasteiger partial charge on any atom is 0.416 e. The molecule has 6 nitrogen and oxygen atoms in total. The molecule has 1 atom stereocenters. The molecule has 0 aliphatic rings. The molecule has 0 heterocycles. The highest BCUT2D eigenvalue weighted by atomic mass is 16.6. The molecule has 0 aliphatic heterocycles. The van der Waals surface area contributed by atoms with Gasteiger partial charge in [-0.2, -0.15) is 0 Å². The van der Waals surface area contributed by atoms with Crippen LogP contribution in [0.5, 0.6) is 0 Å². The number of amides is 2. The third-order valence-corrected chi connectivity index (χ3v) is 3.30. The van der Waals surface area contributed by atoms with Crippen molar-refractivity contribution in [2.24, 2.45) is 0 Å². The quantitative estimate of drug-likeness (QED) is 0.753. The van der Waals surface area contributed by atoms with Gasteiger partial charge in [0.15, 0.2) is 0 Å². The van der Waals surface area contributed by atoms with Crippen LogP contribution in [0.1, 0.15) is 44.7 Å². The fourth-order valence-electron chi connectivity index (χ4n) is 2.05. The zero-order valence-electron chi connectivity index (χ0n) is 14.0. The smallest absolute Gasteiger partial charge is 0.416 e. The van der Waals surface area contributed by atoms with Gasteiger partial charge in [0, 0.05) is 6.92 Å². The molecule has 0 aliphatic carbocycles. The molecule has 126 valence electrons. The van der Waals surface area contributed by atoms with E-state index >= 15 is 0 Å². The van der Waals surface area contributed by atoms with Crippen LogP contribution in [0.25, 0.3) is 0 Å². The predicted octanol–water partition coefficient (Wildman–Crippen LogP) is 2.86. The summed E-state index contributed by atoms with van der Waals surface area (Å²) >= 11 is 0. The lowest BCUT2D eigenvalue weighted by atomic mass is 9.99. The second-order valence-corrected chi connectivity index (χ2v) is 5.02. The Bertz CT molecular complexity index is 570. The van der Waals surface area contributed by atoms with Gasteiger partial charge in [-0.3, -0.25) is 9.59 Å². The van der Waals surface area contributed by atoms with Crippen molar-refractivity contribution >= 4 is 18.0 Å². The lowest BCUT2D eigenvalue weighted by Gasteiger charge is -2.19. The second kappa shape index (κ2) is 8.92. The molecule has 0 spiro atoms. The van der Waals surface area contributed by atoms with Crippen LogP contribution in [0.2, 0.25) is 0 Å². The van der Waals surface area contributed by atoms with Crippen LogP contribution in [0.15, 0.2) is 24.3 Å². The first-order chi connectivity index (χ1) is 10.9. The van der Waals surface area contributed by atoms with Gasteiger partial charge < -0.3 is 9.47 Å². The van der Waals surface area contributed by atoms with Gasteiger partial charge in [0.25, 0.3) is 0 Å². The van der Waals surface area contributed by atoms with Crippen molar-refractivity contribution < 1.29 is 23.9 Å². The number of esters is 1. The Kier molecular flexibility index (Phi) is 7.25. The standard InChI is InChI=1S/C17H23NO5/c1-5-22-16(20)12(3)15-9-7-8-14(10-15)11-18(13(4)19)17(21)23-6-2/h7-10,12H,5-6,11H2,1-4H3. The molecular weight excluding hydrogens is 298 g/mol. The van der Waals surface area contributed by atoms with Gasteiger partial charge in [0.2, 0.25) is 5.91 Å². The molecule has 0 fully saturated rings. The number of imide groups is 1. The van der Waals surface area contributed by atoms with Crippen molar-refractivity contribution in [2.45, 2.75) is 40.2 Å². The zero-order valence-corrected chi connectivity index (χ0v) is 14.0. The third-order valence-electron chi connectivity index (χ3n) is 3.30. The number of benzene rings is 1. The first-order valence-corrected chi connectivity index (χ1v) is 7.61. The first kappa shape index (κ1) is 18.7. The number of rotatable bonds is 6. The van der Waals surface area contributed by atoms with E-state index < -0.39 is 17.9 Å². The van der Waals surface area contributed by atoms with Gasteiger partial charge in [0.05, 0.1) is 25.7 Å². The van der Waals surface area contributed by atoms with Crippen LogP contribution in [-0.2, 0) is 25.6 Å². The van der Waals surface area contributed by atoms with Gasteiger partial charge >= 0.3 is 12.1 Å². The molecule has 6 heteroatoms. The van der Waals surface area contributed by atoms with Crippen LogP contribution < -0.4 is 0 Å². The Labute approximate surface area is 136 Å². The van der Waals surface area contributed by atoms with E-state index in [0.717, 1.165) is 16.0 Å². The van der Waals surface area contributed by atoms with Crippen LogP contribution in [0.3, 0.4) is 0 Å². The Morgan fingerprint density at radius 1 is 1.13 bits per heavy atom. The highest BCUT2D eigenvalue weighted by molar-refractivity contribution is 5.90. The highest BCUT2D eigenvalue weighted by Gasteiger charge is 2.21. The average Bonchev–Trinajstić information content (AvgIpc) is 2.52. The lowest BCUT2D eigenvalue weighted by molar-refractivity contribution is -0.144. The van der Waals surface area contributed by atoms with Gasteiger partial charge in [-0.15, -0.1) is 0 Å². The minimum atomic E-state index is -0.677. The molecule has 2 amide bonds. The van der Waals surface area contributed by atoms with Gasteiger partial charge in [0.1, 0.15) is 0 Å². The summed E-state index contributed by atoms with van der Waals surface area (Å²) in [4.78, 5) is 36.3. The summed E-state index contributed by atoms with van der Waals surface area (Å²) < 4.78 is 9.89. The highest BCUT2D eigenvalue weighted by Crippen LogP contribution is 2.19. The maximum absolute atomic E-state index is 11.8. The summed E-state index contributed by atoms with van der Waals surface area (Å²) in [6.45, 7) is 7.11. The number of carbonyl (C=O) groups is 3. The number of carbonyl (C=O) groups excluding carboxylic acids is 3. The fourth-order valence-corrected chi connectivity index (χ4v) is 2.05. The Hall–Kier alpha value is -2.37. The van der Waals surface area contributed by atoms with E-state index in [2.05, 4.69) is 0 Å². The van der Waals surface area contributed by atoms with Crippen molar-refractivity contribution in [3.05, 3.63) is 35.4 Å². The van der Waals surface area contributed by atoms with Crippen LogP contribution in [-0.4, -0.2) is 36.1 Å². The molecule has 1 aromatic carbocycles. The van der Waals surface area contributed by atoms with E-state index in [-0.39, 0.29) is 19.1 Å². The topological polar surface area (TPSA) is 72.9 Å². The van der Waals surface area contributed by atoms with Gasteiger partial charge in [-0.25, -0.2) is 9.69 Å². The Morgan fingerprint density at radius 3 is 2.35 bits per heavy atom. The maximum atomic E-state index is 11.8. The number of nitrogens with zero attached hydrogens (tertiary/aromatic N) is 1. The number of hydrogen-bond donors (Lipinski definition) is 0. The third kappa shape index (κ3) is 5.39. The predicted molar refractivity (Wildman–Crippen MR) is 84.7 cm³/mol. The van der Waals surface area contributed by atoms with Crippen LogP contribution in [0.4, 0.5) is 4.79 Å². The first-order valence-electron chi connectivity index (χ1n) is 7.61. The van der Waals surface area contributed by atoms with E-state index in [1.165, 1.54) is 6.92 Å². The fraction of sp³-hybridized carbons (Fsp3) is 0.471. The SMILES string of the molecule is CCOC(=O)C(C)c1cccc(CN(C(C)=O)C(=O)OCC)c1. The second-order valence-electron chi connectivity index (χ2n) is 5.02. The Morgan fingerprint density at radius 2 is 1.78 bits per heavy atom. The summed E-state index contributed by atoms with van der Waals surface area (Å²) in [6.07, 6.45) is -0.677. The van der Waals surface area contributed by atoms with E-state index in [9.17, 15) is 14.4 Å². The molecule has 0 saturated carbocycles. The summed E-state index contributed by atoms with van der Waals surface area (Å²) in [5.41, 5.74) is 1.51. The summed E-state index contributed by atoms with van der Waals surface area (Å²) in [6, 6.07) is 7.17. The molecule has 0 N–H and O–H groups in total. The molecule has 0 bridgehead atoms. The monoisotopic (exact) mass is 321 g/mol. The Balaban J connectivity index is 2.92. The average molecular weight is 321 g/mol. The molecule has 0 saturated heterocycles. The summed E-state index contributed by atoms with van der Waals surface area (Å²) in [7, 11) is 0. The minimum absolute atomic E-state index is 0.0948. The molecule has 1 rings (SSSR count). The lowest BCUT2D eigenvalue weighted by Crippen LogP contribution is -2.35. The zero-order chi connectivity index (χ0) is 17.4. The molecule has 0 radical (unpaired) electrons. The normalized spacial score (nSPS) is 11.5. The summed E-state index contributed by atoms with van der Waals surface area (Å²) in [5.74, 6) is -1.12. The van der Waals surface area contributed by atoms with E-state index in [1.54, 1.807) is 39.0 Å². The van der Waals surface area contributed by atoms with Crippen LogP contribution in [0, 0.1) is 0 Å². The number of ether oxygens (including phenoxy) is 2. The van der Waals surface area contributed by atoms with E-state index in [1.807, 2.05) is 6.07 Å². The summed E-state index contributed by atoms with van der Waals surface area (Å²) in [5, 5.41) is 0. The largest absolute Gasteiger partial charge is 0.466 e. The van der Waals surface area contributed by atoms with Crippen molar-refractivity contribution in [3.8, 4) is 0 Å². The molecule has 23 heavy (non-hydrogen) atoms. The van der Waals surface area contributed by atoms with Crippen molar-refractivity contribution in [1.29, 1.82) is 0 Å². The van der Waals surface area contributed by atoms with Crippen molar-refractivity contribution in [2.75, 3.05) is 13.2 Å². The van der Waals surface area contributed by atoms with E-state index in [0.29, 0.717) is 6.61 Å². The molecular formula is C17H23NO5. The van der Waals surface area contributed by atoms with Crippen LogP contribution >= 0.6 is 0 Å². The molecule has 0 aromatic heterocycles. The van der Waals surface area contributed by atoms with Crippen molar-refractivity contribution in [3.63, 3.8) is 0 Å². The van der Waals surface area contributed by atoms with Gasteiger partial charge in [-0.05, 0) is 31.9 Å². The minimum Gasteiger partial charge on any atom is -0.466 e. The van der Waals surface area contributed by atoms with Crippen molar-refractivity contribution in [1.82, 2.24) is 4.90 Å². The molecule has 1 aromatic rings. The van der Waals surface area contributed by atoms with Gasteiger partial charge in [-0.1, -0.05) is 24.3 Å².